The number of aliphatic hydroxyl groups is 4. The lowest BCUT2D eigenvalue weighted by Gasteiger charge is -2.49. The Morgan fingerprint density at radius 2 is 1.67 bits per heavy atom. The minimum Gasteiger partial charge on any atom is -0.459 e. The van der Waals surface area contributed by atoms with Crippen LogP contribution in [0.5, 0.6) is 0 Å². The van der Waals surface area contributed by atoms with Gasteiger partial charge in [-0.2, -0.15) is 0 Å². The van der Waals surface area contributed by atoms with Crippen LogP contribution in [0.1, 0.15) is 93.7 Å². The lowest BCUT2D eigenvalue weighted by atomic mass is 9.75. The summed E-state index contributed by atoms with van der Waals surface area (Å²) in [4.78, 5) is 34.7. The molecule has 0 unspecified atom stereocenters. The molecule has 2 aromatic rings. The van der Waals surface area contributed by atoms with Crippen LogP contribution >= 0.6 is 0 Å². The average Bonchev–Trinajstić information content (AvgIpc) is 3.91. The van der Waals surface area contributed by atoms with Gasteiger partial charge in [0, 0.05) is 62.7 Å². The average molecular weight is 890 g/mol. The number of pyridine rings is 1. The number of aromatic nitrogens is 4. The van der Waals surface area contributed by atoms with Crippen molar-refractivity contribution in [2.24, 2.45) is 23.7 Å². The maximum Gasteiger partial charge on any atom is 0.311 e. The van der Waals surface area contributed by atoms with Crippen LogP contribution < -0.4 is 0 Å². The number of aliphatic hydroxyl groups excluding tert-OH is 3. The molecular weight excluding hydrogens is 819 g/mol. The number of fused-ring (bicyclic) bond motifs is 2. The second-order valence-corrected chi connectivity index (χ2v) is 19.2. The molecule has 0 aromatic carbocycles. The normalized spacial score (nSPS) is 43.1. The largest absolute Gasteiger partial charge is 0.459 e. The number of methoxy groups -OCH3 is 1. The molecule has 4 fully saturated rings. The Kier molecular flexibility index (Phi) is 15.6. The summed E-state index contributed by atoms with van der Waals surface area (Å²) in [6.07, 6.45) is -3.30. The molecule has 0 radical (unpaired) electrons. The van der Waals surface area contributed by atoms with Gasteiger partial charge < -0.3 is 58.5 Å². The van der Waals surface area contributed by atoms with Crippen LogP contribution in [-0.4, -0.2) is 169 Å². The topological polar surface area (TPSA) is 227 Å². The number of carbonyl (C=O) groups excluding carboxylic acids is 2. The number of likely N-dealkylation sites (N-methyl/N-ethyl adjacent to an activating group) is 1. The van der Waals surface area contributed by atoms with Gasteiger partial charge in [-0.1, -0.05) is 26.0 Å². The molecule has 6 rings (SSSR count). The Morgan fingerprint density at radius 1 is 0.968 bits per heavy atom. The van der Waals surface area contributed by atoms with Gasteiger partial charge in [-0.3, -0.25) is 14.6 Å². The summed E-state index contributed by atoms with van der Waals surface area (Å²) in [5, 5.41) is 55.1. The second-order valence-electron chi connectivity index (χ2n) is 19.2. The first kappa shape index (κ1) is 49.4. The van der Waals surface area contributed by atoms with Gasteiger partial charge in [-0.05, 0) is 80.0 Å². The molecule has 0 spiro atoms. The summed E-state index contributed by atoms with van der Waals surface area (Å²) in [5.41, 5.74) is -2.63. The fourth-order valence-corrected chi connectivity index (χ4v) is 10.2. The third-order valence-corrected chi connectivity index (χ3v) is 14.4. The number of carbonyl (C=O) groups is 2. The molecule has 4 N–H and O–H groups in total. The number of hydrogen-bond acceptors (Lipinski definition) is 17. The van der Waals surface area contributed by atoms with Crippen molar-refractivity contribution in [3.8, 4) is 5.69 Å². The Morgan fingerprint density at radius 3 is 2.33 bits per heavy atom. The van der Waals surface area contributed by atoms with Gasteiger partial charge in [0.15, 0.2) is 12.6 Å². The minimum absolute atomic E-state index is 0.00376. The molecule has 18 atom stereocenters. The third-order valence-electron chi connectivity index (χ3n) is 14.4. The molecule has 0 aliphatic carbocycles. The number of nitrogens with zero attached hydrogens (tertiary/aromatic N) is 5. The van der Waals surface area contributed by atoms with E-state index < -0.39 is 108 Å². The van der Waals surface area contributed by atoms with E-state index in [0.717, 1.165) is 11.4 Å². The van der Waals surface area contributed by atoms with Crippen LogP contribution in [0.25, 0.3) is 5.69 Å². The SMILES string of the molecule is CC[C@H]1OC(=O)[C@H](C)[C@@H](O[C@H]2C[C@@](C)(OC)[C@@H](O)[C@H](C)O2)[C@H](C)[C@@H](O[C@@H]2O[C@H](C)C[C@H](N(C)CCc3cn(-c4ccncc4)nn3)[C@H]2O)[C@@]2(C)C[C@@H](CO2)C(=O)[C@H](C)[C@@H](O)[C@]1(C)O. The minimum atomic E-state index is -1.98. The van der Waals surface area contributed by atoms with Crippen molar-refractivity contribution < 1.29 is 63.2 Å². The van der Waals surface area contributed by atoms with Crippen LogP contribution in [0.4, 0.5) is 0 Å². The molecule has 4 aliphatic rings. The van der Waals surface area contributed by atoms with E-state index >= 15 is 0 Å². The lowest BCUT2D eigenvalue weighted by Crippen LogP contribution is -2.61. The molecule has 2 aromatic heterocycles. The van der Waals surface area contributed by atoms with E-state index in [1.807, 2.05) is 46.1 Å². The number of hydrogen-bond donors (Lipinski definition) is 4. The van der Waals surface area contributed by atoms with Crippen molar-refractivity contribution >= 4 is 11.8 Å². The van der Waals surface area contributed by atoms with Gasteiger partial charge >= 0.3 is 5.97 Å². The van der Waals surface area contributed by atoms with Crippen molar-refractivity contribution in [1.29, 1.82) is 0 Å². The van der Waals surface area contributed by atoms with E-state index in [0.29, 0.717) is 19.4 Å². The molecule has 4 saturated heterocycles. The molecule has 0 saturated carbocycles. The highest BCUT2D eigenvalue weighted by molar-refractivity contribution is 5.84. The third kappa shape index (κ3) is 10.4. The molecule has 354 valence electrons. The number of Topliss-reactive ketones (excluding diaryl/α,β-unsaturated/α-hetero) is 1. The highest BCUT2D eigenvalue weighted by atomic mass is 16.7. The Labute approximate surface area is 370 Å². The number of ketones is 1. The summed E-state index contributed by atoms with van der Waals surface area (Å²) in [6, 6.07) is 3.29. The Bertz CT molecular complexity index is 1840. The van der Waals surface area contributed by atoms with E-state index in [9.17, 15) is 30.0 Å². The quantitative estimate of drug-likeness (QED) is 0.238. The maximum absolute atomic E-state index is 14.4. The van der Waals surface area contributed by atoms with E-state index in [1.54, 1.807) is 51.7 Å². The van der Waals surface area contributed by atoms with Gasteiger partial charge in [-0.15, -0.1) is 5.10 Å². The number of ether oxygens (including phenoxy) is 7. The summed E-state index contributed by atoms with van der Waals surface area (Å²) in [5.74, 6) is -4.52. The summed E-state index contributed by atoms with van der Waals surface area (Å²) < 4.78 is 46.5. The number of esters is 1. The maximum atomic E-state index is 14.4. The molecule has 18 nitrogen and oxygen atoms in total. The summed E-state index contributed by atoms with van der Waals surface area (Å²) in [6.45, 7) is 15.9. The predicted octanol–water partition coefficient (Wildman–Crippen LogP) is 2.39. The molecular formula is C45H71N5O13. The molecule has 2 bridgehead atoms. The van der Waals surface area contributed by atoms with Crippen molar-refractivity contribution in [2.75, 3.05) is 27.3 Å². The first-order chi connectivity index (χ1) is 29.6. The molecule has 4 aliphatic heterocycles. The zero-order valence-electron chi connectivity index (χ0n) is 38.7. The van der Waals surface area contributed by atoms with Crippen LogP contribution in [0.15, 0.2) is 30.7 Å². The molecule has 6 heterocycles. The van der Waals surface area contributed by atoms with Gasteiger partial charge in [0.25, 0.3) is 0 Å². The van der Waals surface area contributed by atoms with Crippen LogP contribution in [0.2, 0.25) is 0 Å². The number of cyclic esters (lactones) is 1. The Hall–Kier alpha value is -3.01. The van der Waals surface area contributed by atoms with Crippen LogP contribution in [0.3, 0.4) is 0 Å². The molecule has 63 heavy (non-hydrogen) atoms. The summed E-state index contributed by atoms with van der Waals surface area (Å²) in [7, 11) is 3.44. The van der Waals surface area contributed by atoms with E-state index in [4.69, 9.17) is 33.2 Å². The molecule has 18 heteroatoms. The van der Waals surface area contributed by atoms with E-state index in [2.05, 4.69) is 20.2 Å². The zero-order valence-corrected chi connectivity index (χ0v) is 38.7. The smallest absolute Gasteiger partial charge is 0.311 e. The summed E-state index contributed by atoms with van der Waals surface area (Å²) >= 11 is 0. The highest BCUT2D eigenvalue weighted by Crippen LogP contribution is 2.44. The highest BCUT2D eigenvalue weighted by Gasteiger charge is 2.56. The monoisotopic (exact) mass is 890 g/mol. The van der Waals surface area contributed by atoms with Crippen molar-refractivity contribution in [2.45, 2.75) is 179 Å². The van der Waals surface area contributed by atoms with E-state index in [1.165, 1.54) is 14.0 Å². The van der Waals surface area contributed by atoms with Crippen molar-refractivity contribution in [3.63, 3.8) is 0 Å². The van der Waals surface area contributed by atoms with Crippen molar-refractivity contribution in [1.82, 2.24) is 24.9 Å². The first-order valence-electron chi connectivity index (χ1n) is 22.5. The predicted molar refractivity (Wildman–Crippen MR) is 226 cm³/mol. The first-order valence-corrected chi connectivity index (χ1v) is 22.5. The van der Waals surface area contributed by atoms with Crippen LogP contribution in [0, 0.1) is 23.7 Å². The van der Waals surface area contributed by atoms with Gasteiger partial charge in [0.2, 0.25) is 0 Å². The Balaban J connectivity index is 1.32. The van der Waals surface area contributed by atoms with E-state index in [-0.39, 0.29) is 37.8 Å². The van der Waals surface area contributed by atoms with Gasteiger partial charge in [0.05, 0.1) is 71.8 Å². The number of rotatable bonds is 11. The van der Waals surface area contributed by atoms with Gasteiger partial charge in [0.1, 0.15) is 29.7 Å². The zero-order chi connectivity index (χ0) is 46.2. The van der Waals surface area contributed by atoms with Crippen LogP contribution in [-0.2, 0) is 49.2 Å². The fraction of sp³-hybridized carbons (Fsp3) is 0.800. The van der Waals surface area contributed by atoms with Crippen molar-refractivity contribution in [3.05, 3.63) is 36.4 Å². The fourth-order valence-electron chi connectivity index (χ4n) is 10.2. The second kappa shape index (κ2) is 19.8. The standard InChI is InChI=1S/C45H71N5O13/c1-12-33-45(9,56)38(53)25(3)35(51)29-20-44(8,58-23-29)40(26(4)37(27(5)41(55)61-33)62-34-21-43(7,57-11)39(54)28(6)60-34)63-42-36(52)32(19-24(2)59-42)49(10)18-15-30-22-50(48-47-30)31-13-16-46-17-14-31/h13-14,16-17,22,24-29,32-34,36-40,42,52-54,56H,12,15,18-21,23H2,1-11H3/t24-,25+,26+,27-,28+,29+,32+,33-,34+,36-,37+,38-,39+,40-,42+,43-,44-,45-/m1/s1. The van der Waals surface area contributed by atoms with Gasteiger partial charge in [-0.25, -0.2) is 4.68 Å². The lowest BCUT2D eigenvalue weighted by molar-refractivity contribution is -0.317. The molecule has 0 amide bonds.